The molecule has 2 amide bonds. The van der Waals surface area contributed by atoms with Gasteiger partial charge in [-0.2, -0.15) is 13.2 Å². The summed E-state index contributed by atoms with van der Waals surface area (Å²) in [5, 5.41) is 0.965. The molecule has 1 saturated heterocycles. The molecule has 0 saturated carbocycles. The Labute approximate surface area is 134 Å². The quantitative estimate of drug-likeness (QED) is 0.880. The molecule has 1 atom stereocenters. The van der Waals surface area contributed by atoms with E-state index in [4.69, 9.17) is 4.42 Å². The number of hydrogen-bond acceptors (Lipinski definition) is 4. The molecule has 1 fully saturated rings. The fourth-order valence-electron chi connectivity index (χ4n) is 2.37. The van der Waals surface area contributed by atoms with Gasteiger partial charge in [-0.15, -0.1) is 0 Å². The van der Waals surface area contributed by atoms with Gasteiger partial charge in [0, 0.05) is 12.0 Å². The van der Waals surface area contributed by atoms with Gasteiger partial charge in [-0.05, 0) is 18.2 Å². The summed E-state index contributed by atoms with van der Waals surface area (Å²) in [5.74, 6) is 0.104. The lowest BCUT2D eigenvalue weighted by Gasteiger charge is -2.11. The first-order valence-electron chi connectivity index (χ1n) is 6.74. The second kappa shape index (κ2) is 5.55. The summed E-state index contributed by atoms with van der Waals surface area (Å²) in [7, 11) is -3.87. The number of halogens is 3. The third kappa shape index (κ3) is 3.09. The first kappa shape index (κ1) is 16.4. The number of benzene rings is 1. The van der Waals surface area contributed by atoms with Crippen LogP contribution >= 0.6 is 0 Å². The number of amides is 2. The summed E-state index contributed by atoms with van der Waals surface area (Å²) in [6.07, 6.45) is -4.74. The molecule has 0 radical (unpaired) electrons. The number of carbonyl (C=O) groups is 1. The van der Waals surface area contributed by atoms with Crippen molar-refractivity contribution in [2.45, 2.75) is 18.0 Å². The molecule has 10 heteroatoms. The molecule has 2 aromatic rings. The van der Waals surface area contributed by atoms with Crippen LogP contribution in [0, 0.1) is 0 Å². The molecular formula is C14H11F3N2O4S. The molecule has 0 aliphatic carbocycles. The van der Waals surface area contributed by atoms with Crippen molar-refractivity contribution < 1.29 is 30.8 Å². The lowest BCUT2D eigenvalue weighted by atomic mass is 10.1. The highest BCUT2D eigenvalue weighted by Crippen LogP contribution is 2.37. The van der Waals surface area contributed by atoms with E-state index in [0.717, 1.165) is 6.07 Å². The average molecular weight is 360 g/mol. The average Bonchev–Trinajstić information content (AvgIpc) is 3.03. The minimum Gasteiger partial charge on any atom is -0.461 e. The number of alkyl halides is 3. The topological polar surface area (TPSA) is 88.4 Å². The van der Waals surface area contributed by atoms with Crippen molar-refractivity contribution in [2.75, 3.05) is 0 Å². The van der Waals surface area contributed by atoms with Crippen molar-refractivity contribution in [3.8, 4) is 11.3 Å². The lowest BCUT2D eigenvalue weighted by Crippen LogP contribution is -2.30. The molecular weight excluding hydrogens is 349 g/mol. The standard InChI is InChI=1S/C14H11F3N2O4S/c15-14(16,17)10-4-2-1-3-9(10)11-6-5-8(23-11)7-12-18-13(20)19-24(12,21)22/h1-6,12H,7H2,(H2,18,19,20). The molecule has 0 spiro atoms. The molecule has 128 valence electrons. The number of rotatable bonds is 3. The van der Waals surface area contributed by atoms with Gasteiger partial charge in [0.1, 0.15) is 11.5 Å². The van der Waals surface area contributed by atoms with Crippen LogP contribution in [0.15, 0.2) is 40.8 Å². The monoisotopic (exact) mass is 360 g/mol. The van der Waals surface area contributed by atoms with Crippen molar-refractivity contribution in [2.24, 2.45) is 0 Å². The second-order valence-corrected chi connectivity index (χ2v) is 6.99. The molecule has 1 aliphatic rings. The number of furan rings is 1. The maximum absolute atomic E-state index is 13.0. The van der Waals surface area contributed by atoms with Gasteiger partial charge in [0.2, 0.25) is 0 Å². The Balaban J connectivity index is 1.89. The van der Waals surface area contributed by atoms with Gasteiger partial charge < -0.3 is 9.73 Å². The number of hydrogen-bond donors (Lipinski definition) is 2. The van der Waals surface area contributed by atoms with Gasteiger partial charge in [-0.1, -0.05) is 18.2 Å². The first-order valence-corrected chi connectivity index (χ1v) is 8.29. The smallest absolute Gasteiger partial charge is 0.417 e. The molecule has 1 aromatic carbocycles. The third-order valence-electron chi connectivity index (χ3n) is 3.45. The minimum absolute atomic E-state index is 0.0346. The zero-order valence-corrected chi connectivity index (χ0v) is 12.7. The Morgan fingerprint density at radius 1 is 1.12 bits per heavy atom. The Morgan fingerprint density at radius 3 is 2.46 bits per heavy atom. The molecule has 2 heterocycles. The van der Waals surface area contributed by atoms with Crippen molar-refractivity contribution >= 4 is 16.1 Å². The number of carbonyl (C=O) groups excluding carboxylic acids is 1. The second-order valence-electron chi connectivity index (χ2n) is 5.12. The molecule has 24 heavy (non-hydrogen) atoms. The van der Waals surface area contributed by atoms with Crippen LogP contribution in [0.5, 0.6) is 0 Å². The van der Waals surface area contributed by atoms with Gasteiger partial charge in [0.05, 0.1) is 5.56 Å². The van der Waals surface area contributed by atoms with E-state index in [1.807, 2.05) is 0 Å². The van der Waals surface area contributed by atoms with Crippen LogP contribution in [0.25, 0.3) is 11.3 Å². The van der Waals surface area contributed by atoms with Gasteiger partial charge in [0.25, 0.3) is 10.0 Å². The predicted molar refractivity (Wildman–Crippen MR) is 77.2 cm³/mol. The van der Waals surface area contributed by atoms with Crippen molar-refractivity contribution in [1.29, 1.82) is 0 Å². The van der Waals surface area contributed by atoms with Crippen molar-refractivity contribution in [3.05, 3.63) is 47.7 Å². The summed E-state index contributed by atoms with van der Waals surface area (Å²) < 4.78 is 69.5. The molecule has 2 N–H and O–H groups in total. The van der Waals surface area contributed by atoms with E-state index in [2.05, 4.69) is 5.32 Å². The molecule has 3 rings (SSSR count). The van der Waals surface area contributed by atoms with Crippen LogP contribution in [0.3, 0.4) is 0 Å². The van der Waals surface area contributed by atoms with Crippen molar-refractivity contribution in [1.82, 2.24) is 10.0 Å². The Kier molecular flexibility index (Phi) is 3.78. The number of urea groups is 1. The highest BCUT2D eigenvalue weighted by atomic mass is 32.2. The Hall–Kier alpha value is -2.49. The van der Waals surface area contributed by atoms with Gasteiger partial charge in [-0.25, -0.2) is 17.9 Å². The Morgan fingerprint density at radius 2 is 1.83 bits per heavy atom. The van der Waals surface area contributed by atoms with Crippen LogP contribution in [0.2, 0.25) is 0 Å². The largest absolute Gasteiger partial charge is 0.461 e. The SMILES string of the molecule is O=C1NC(Cc2ccc(-c3ccccc3C(F)(F)F)o2)S(=O)(=O)N1. The van der Waals surface area contributed by atoms with Crippen LogP contribution in [-0.2, 0) is 22.6 Å². The molecule has 1 unspecified atom stereocenters. The van der Waals surface area contributed by atoms with E-state index in [1.165, 1.54) is 30.3 Å². The summed E-state index contributed by atoms with van der Waals surface area (Å²) in [5.41, 5.74) is -0.998. The van der Waals surface area contributed by atoms with E-state index in [-0.39, 0.29) is 23.5 Å². The molecule has 1 aromatic heterocycles. The first-order chi connectivity index (χ1) is 11.2. The highest BCUT2D eigenvalue weighted by molar-refractivity contribution is 7.91. The minimum atomic E-state index is -4.55. The zero-order valence-electron chi connectivity index (χ0n) is 11.9. The van der Waals surface area contributed by atoms with E-state index >= 15 is 0 Å². The molecule has 0 bridgehead atoms. The number of sulfonamides is 1. The third-order valence-corrected chi connectivity index (χ3v) is 4.95. The van der Waals surface area contributed by atoms with E-state index in [1.54, 1.807) is 4.72 Å². The van der Waals surface area contributed by atoms with E-state index in [0.29, 0.717) is 0 Å². The lowest BCUT2D eigenvalue weighted by molar-refractivity contribution is -0.137. The van der Waals surface area contributed by atoms with Gasteiger partial charge >= 0.3 is 12.2 Å². The zero-order chi connectivity index (χ0) is 17.5. The normalized spacial score (nSPS) is 19.8. The fourth-order valence-corrected chi connectivity index (χ4v) is 3.48. The summed E-state index contributed by atoms with van der Waals surface area (Å²) >= 11 is 0. The molecule has 6 nitrogen and oxygen atoms in total. The van der Waals surface area contributed by atoms with E-state index in [9.17, 15) is 26.4 Å². The number of nitrogens with one attached hydrogen (secondary N) is 2. The van der Waals surface area contributed by atoms with Crippen molar-refractivity contribution in [3.63, 3.8) is 0 Å². The maximum Gasteiger partial charge on any atom is 0.417 e. The molecule has 1 aliphatic heterocycles. The van der Waals surface area contributed by atoms with Crippen LogP contribution in [0.1, 0.15) is 11.3 Å². The van der Waals surface area contributed by atoms with Gasteiger partial charge in [0.15, 0.2) is 5.37 Å². The summed E-state index contributed by atoms with van der Waals surface area (Å²) in [4.78, 5) is 11.1. The van der Waals surface area contributed by atoms with Crippen LogP contribution in [0.4, 0.5) is 18.0 Å². The van der Waals surface area contributed by atoms with Crippen LogP contribution in [-0.4, -0.2) is 19.8 Å². The fraction of sp³-hybridized carbons (Fsp3) is 0.214. The van der Waals surface area contributed by atoms with Gasteiger partial charge in [-0.3, -0.25) is 0 Å². The Bertz CT molecular complexity index is 889. The maximum atomic E-state index is 13.0. The van der Waals surface area contributed by atoms with E-state index < -0.39 is 33.2 Å². The summed E-state index contributed by atoms with van der Waals surface area (Å²) in [6, 6.07) is 6.76. The highest BCUT2D eigenvalue weighted by Gasteiger charge is 2.37. The summed E-state index contributed by atoms with van der Waals surface area (Å²) in [6.45, 7) is 0. The van der Waals surface area contributed by atoms with Crippen LogP contribution < -0.4 is 10.0 Å². The predicted octanol–water partition coefficient (Wildman–Crippen LogP) is 2.48.